The number of thioether (sulfide) groups is 2. The fourth-order valence-corrected chi connectivity index (χ4v) is 12.2. The number of hydrogen-bond donors (Lipinski definition) is 0. The predicted octanol–water partition coefficient (Wildman–Crippen LogP) is 12.6. The van der Waals surface area contributed by atoms with Gasteiger partial charge in [-0.1, -0.05) is 0 Å². The van der Waals surface area contributed by atoms with E-state index in [9.17, 15) is 0 Å². The van der Waals surface area contributed by atoms with Crippen LogP contribution in [0.5, 0.6) is 0 Å². The van der Waals surface area contributed by atoms with E-state index in [2.05, 4.69) is 188 Å². The van der Waals surface area contributed by atoms with Crippen LogP contribution in [0.4, 0.5) is 0 Å². The molecule has 0 bridgehead atoms. The van der Waals surface area contributed by atoms with Crippen molar-refractivity contribution in [2.24, 2.45) is 0 Å². The predicted molar refractivity (Wildman–Crippen MR) is 217 cm³/mol. The van der Waals surface area contributed by atoms with E-state index in [1.807, 2.05) is 0 Å². The molecule has 0 radical (unpaired) electrons. The SMILES string of the molecule is Cc1ccc(C)c(-c2cccc(-c3cc(C)ccc3C)c2S[CH]([BiH2])Sc2c(-c3cc(C)ccc3C)cccc2-c2cc(C)ccc2C)c1. The quantitative estimate of drug-likeness (QED) is 0.0850. The van der Waals surface area contributed by atoms with E-state index in [0.717, 1.165) is 24.7 Å². The average Bonchev–Trinajstić information content (AvgIpc) is 3.06. The Labute approximate surface area is 311 Å². The Morgan fingerprint density at radius 2 is 0.604 bits per heavy atom. The van der Waals surface area contributed by atoms with Gasteiger partial charge in [-0.2, -0.15) is 0 Å². The number of benzene rings is 6. The maximum atomic E-state index is 2.37. The van der Waals surface area contributed by atoms with Crippen LogP contribution in [0.3, 0.4) is 0 Å². The molecule has 0 spiro atoms. The van der Waals surface area contributed by atoms with E-state index >= 15 is 0 Å². The van der Waals surface area contributed by atoms with Crippen LogP contribution in [-0.2, 0) is 0 Å². The molecule has 0 aliphatic heterocycles. The first-order chi connectivity index (χ1) is 23.0. The molecule has 6 aromatic rings. The first kappa shape index (κ1) is 34.8. The van der Waals surface area contributed by atoms with Crippen molar-refractivity contribution in [1.82, 2.24) is 0 Å². The first-order valence-corrected chi connectivity index (χ1v) is 21.0. The van der Waals surface area contributed by atoms with Crippen LogP contribution in [0.2, 0.25) is 0 Å². The Morgan fingerprint density at radius 3 is 0.854 bits per heavy atom. The van der Waals surface area contributed by atoms with Crippen LogP contribution in [-0.4, -0.2) is 27.0 Å². The summed E-state index contributed by atoms with van der Waals surface area (Å²) in [7, 11) is 0. The molecule has 242 valence electrons. The van der Waals surface area contributed by atoms with Crippen molar-refractivity contribution in [1.29, 1.82) is 0 Å². The molecule has 0 aromatic heterocycles. The molecular formula is C45H45BiS2. The summed E-state index contributed by atoms with van der Waals surface area (Å²) in [5.41, 5.74) is 21.1. The van der Waals surface area contributed by atoms with Crippen molar-refractivity contribution in [3.8, 4) is 44.5 Å². The third kappa shape index (κ3) is 7.40. The monoisotopic (exact) mass is 858 g/mol. The van der Waals surface area contributed by atoms with Crippen LogP contribution in [0, 0.1) is 55.4 Å². The normalized spacial score (nSPS) is 11.4. The Balaban J connectivity index is 1.53. The van der Waals surface area contributed by atoms with E-state index in [0.29, 0.717) is 2.29 Å². The molecule has 0 saturated heterocycles. The van der Waals surface area contributed by atoms with Crippen molar-refractivity contribution in [3.63, 3.8) is 0 Å². The Kier molecular flexibility index (Phi) is 10.7. The molecule has 6 rings (SSSR count). The molecular weight excluding hydrogens is 814 g/mol. The summed E-state index contributed by atoms with van der Waals surface area (Å²) in [6.45, 7) is 17.8. The second-order valence-corrected chi connectivity index (χ2v) is 22.2. The van der Waals surface area contributed by atoms with Crippen LogP contribution in [0.25, 0.3) is 44.5 Å². The molecule has 48 heavy (non-hydrogen) atoms. The fraction of sp³-hybridized carbons (Fsp3) is 0.200. The van der Waals surface area contributed by atoms with Crippen molar-refractivity contribution >= 4 is 48.2 Å². The summed E-state index contributed by atoms with van der Waals surface area (Å²) in [5, 5.41) is 0. The summed E-state index contributed by atoms with van der Waals surface area (Å²) in [4.78, 5) is 2.77. The zero-order valence-corrected chi connectivity index (χ0v) is 35.5. The van der Waals surface area contributed by atoms with E-state index in [1.165, 1.54) is 98.8 Å². The molecule has 0 nitrogen and oxygen atoms in total. The molecule has 0 aliphatic carbocycles. The molecule has 0 unspecified atom stereocenters. The number of aryl methyl sites for hydroxylation is 8. The average molecular weight is 859 g/mol. The van der Waals surface area contributed by atoms with Crippen molar-refractivity contribution < 1.29 is 0 Å². The van der Waals surface area contributed by atoms with Crippen molar-refractivity contribution in [2.45, 2.75) is 67.5 Å². The fourth-order valence-electron chi connectivity index (χ4n) is 6.54. The van der Waals surface area contributed by atoms with Gasteiger partial charge in [0, 0.05) is 0 Å². The zero-order chi connectivity index (χ0) is 34.1. The van der Waals surface area contributed by atoms with Gasteiger partial charge in [0.25, 0.3) is 0 Å². The summed E-state index contributed by atoms with van der Waals surface area (Å²) in [5.74, 6) is 0. The van der Waals surface area contributed by atoms with Gasteiger partial charge in [-0.25, -0.2) is 0 Å². The van der Waals surface area contributed by atoms with Crippen LogP contribution in [0.1, 0.15) is 44.5 Å². The zero-order valence-electron chi connectivity index (χ0n) is 29.4. The van der Waals surface area contributed by atoms with Gasteiger partial charge in [-0.05, 0) is 0 Å². The van der Waals surface area contributed by atoms with Gasteiger partial charge in [-0.3, -0.25) is 0 Å². The second kappa shape index (κ2) is 14.8. The van der Waals surface area contributed by atoms with Gasteiger partial charge < -0.3 is 0 Å². The molecule has 0 atom stereocenters. The van der Waals surface area contributed by atoms with Crippen LogP contribution in [0.15, 0.2) is 119 Å². The van der Waals surface area contributed by atoms with Gasteiger partial charge in [0.15, 0.2) is 0 Å². The topological polar surface area (TPSA) is 0 Å². The molecule has 0 aliphatic rings. The van der Waals surface area contributed by atoms with Gasteiger partial charge in [0.05, 0.1) is 0 Å². The van der Waals surface area contributed by atoms with Gasteiger partial charge in [0.1, 0.15) is 0 Å². The number of hydrogen-bond acceptors (Lipinski definition) is 2. The van der Waals surface area contributed by atoms with Gasteiger partial charge >= 0.3 is 314 Å². The Morgan fingerprint density at radius 1 is 0.354 bits per heavy atom. The summed E-state index contributed by atoms with van der Waals surface area (Å²) >= 11 is 4.88. The molecule has 0 saturated carbocycles. The third-order valence-corrected chi connectivity index (χ3v) is 14.8. The van der Waals surface area contributed by atoms with Crippen LogP contribution < -0.4 is 0 Å². The number of rotatable bonds is 8. The third-order valence-electron chi connectivity index (χ3n) is 9.23. The molecule has 6 aromatic carbocycles. The van der Waals surface area contributed by atoms with Crippen molar-refractivity contribution in [3.05, 3.63) is 154 Å². The van der Waals surface area contributed by atoms with Gasteiger partial charge in [-0.15, -0.1) is 0 Å². The van der Waals surface area contributed by atoms with Crippen molar-refractivity contribution in [2.75, 3.05) is 0 Å². The summed E-state index contributed by atoms with van der Waals surface area (Å²) < 4.78 is 0.398. The van der Waals surface area contributed by atoms with Gasteiger partial charge in [0.2, 0.25) is 0 Å². The Hall–Kier alpha value is -3.10. The minimum absolute atomic E-state index is 0.398. The Bertz CT molecular complexity index is 1850. The minimum atomic E-state index is 0.398. The van der Waals surface area contributed by atoms with E-state index in [1.54, 1.807) is 0 Å². The summed E-state index contributed by atoms with van der Waals surface area (Å²) in [6, 6.07) is 41.3. The first-order valence-electron chi connectivity index (χ1n) is 16.7. The van der Waals surface area contributed by atoms with Crippen LogP contribution >= 0.6 is 23.5 Å². The molecule has 0 fully saturated rings. The van der Waals surface area contributed by atoms with E-state index in [-0.39, 0.29) is 0 Å². The molecule has 0 heterocycles. The maximum absolute atomic E-state index is 2.37. The van der Waals surface area contributed by atoms with E-state index in [4.69, 9.17) is 0 Å². The van der Waals surface area contributed by atoms with E-state index < -0.39 is 0 Å². The molecule has 3 heteroatoms. The second-order valence-electron chi connectivity index (χ2n) is 13.2. The summed E-state index contributed by atoms with van der Waals surface area (Å²) in [6.07, 6.45) is 0. The molecule has 0 N–H and O–H groups in total. The standard InChI is InChI=1S/C45H43S2.Bi.2H/c1-28-15-19-32(5)40(23-28)36-11-9-12-37(41-24-29(2)16-20-33(41)6)44(36)46-27-47-45-38(42-25-30(3)17-21-34(42)7)13-10-14-39(45)43-26-31(4)18-22-35(43)8;;;/h9-27H,1-8H3;;;. The molecule has 0 amide bonds.